The third-order valence-corrected chi connectivity index (χ3v) is 4.42. The predicted octanol–water partition coefficient (Wildman–Crippen LogP) is 2.79. The van der Waals surface area contributed by atoms with Crippen LogP contribution in [-0.2, 0) is 22.4 Å². The molecule has 0 N–H and O–H groups in total. The molecule has 1 aliphatic rings. The van der Waals surface area contributed by atoms with Crippen LogP contribution < -0.4 is 0 Å². The van der Waals surface area contributed by atoms with Gasteiger partial charge in [0, 0.05) is 25.0 Å². The lowest BCUT2D eigenvalue weighted by Gasteiger charge is -2.33. The largest absolute Gasteiger partial charge is 0.375 e. The fourth-order valence-corrected chi connectivity index (χ4v) is 2.98. The molecule has 2 aromatic rings. The van der Waals surface area contributed by atoms with Gasteiger partial charge in [0.1, 0.15) is 0 Å². The summed E-state index contributed by atoms with van der Waals surface area (Å²) in [5, 5.41) is 0. The highest BCUT2D eigenvalue weighted by atomic mass is 16.5. The molecule has 1 amide bonds. The van der Waals surface area contributed by atoms with E-state index in [1.807, 2.05) is 30.0 Å². The number of nitrogens with zero attached hydrogens (tertiary/aromatic N) is 2. The Morgan fingerprint density at radius 3 is 2.79 bits per heavy atom. The van der Waals surface area contributed by atoms with Crippen molar-refractivity contribution < 1.29 is 9.53 Å². The minimum atomic E-state index is 0.124. The van der Waals surface area contributed by atoms with Gasteiger partial charge in [-0.05, 0) is 37.0 Å². The van der Waals surface area contributed by atoms with Crippen molar-refractivity contribution in [1.29, 1.82) is 0 Å². The number of morpholine rings is 1. The van der Waals surface area contributed by atoms with Gasteiger partial charge in [-0.1, -0.05) is 36.4 Å². The fraction of sp³-hybridized carbons (Fsp3) is 0.400. The molecule has 0 aliphatic carbocycles. The third kappa shape index (κ3) is 4.65. The van der Waals surface area contributed by atoms with Gasteiger partial charge in [0.25, 0.3) is 0 Å². The first-order chi connectivity index (χ1) is 11.7. The number of hydrogen-bond donors (Lipinski definition) is 0. The number of aromatic nitrogens is 1. The topological polar surface area (TPSA) is 42.4 Å². The summed E-state index contributed by atoms with van der Waals surface area (Å²) in [6.07, 6.45) is 4.26. The molecule has 1 aromatic heterocycles. The number of pyridine rings is 1. The average molecular weight is 324 g/mol. The molecular weight excluding hydrogens is 300 g/mol. The van der Waals surface area contributed by atoms with Gasteiger partial charge >= 0.3 is 0 Å². The van der Waals surface area contributed by atoms with Crippen LogP contribution >= 0.6 is 0 Å². The molecule has 4 nitrogen and oxygen atoms in total. The minimum Gasteiger partial charge on any atom is -0.375 e. The van der Waals surface area contributed by atoms with Crippen molar-refractivity contribution in [3.8, 4) is 0 Å². The first-order valence-corrected chi connectivity index (χ1v) is 8.55. The van der Waals surface area contributed by atoms with Crippen molar-refractivity contribution in [2.75, 3.05) is 19.7 Å². The van der Waals surface area contributed by atoms with E-state index in [2.05, 4.69) is 29.2 Å². The molecule has 0 saturated carbocycles. The SMILES string of the molecule is Cc1ccc(CC(=O)N2CCO[C@H](CCc3ccccc3)C2)cn1. The third-order valence-electron chi connectivity index (χ3n) is 4.42. The summed E-state index contributed by atoms with van der Waals surface area (Å²) in [6, 6.07) is 14.3. The Labute approximate surface area is 143 Å². The van der Waals surface area contributed by atoms with E-state index in [0.29, 0.717) is 26.1 Å². The molecule has 0 radical (unpaired) electrons. The molecule has 0 bridgehead atoms. The van der Waals surface area contributed by atoms with Crippen LogP contribution in [-0.4, -0.2) is 41.6 Å². The molecule has 1 fully saturated rings. The molecular formula is C20H24N2O2. The normalized spacial score (nSPS) is 17.7. The second-order valence-electron chi connectivity index (χ2n) is 6.34. The van der Waals surface area contributed by atoms with Crippen LogP contribution in [0.4, 0.5) is 0 Å². The van der Waals surface area contributed by atoms with Crippen LogP contribution in [0.1, 0.15) is 23.2 Å². The Kier molecular flexibility index (Phi) is 5.59. The summed E-state index contributed by atoms with van der Waals surface area (Å²) in [4.78, 5) is 18.7. The van der Waals surface area contributed by atoms with Crippen LogP contribution in [0.3, 0.4) is 0 Å². The summed E-state index contributed by atoms with van der Waals surface area (Å²) < 4.78 is 5.84. The molecule has 0 unspecified atom stereocenters. The monoisotopic (exact) mass is 324 g/mol. The van der Waals surface area contributed by atoms with Crippen molar-refractivity contribution in [3.05, 3.63) is 65.5 Å². The fourth-order valence-electron chi connectivity index (χ4n) is 2.98. The second-order valence-corrected chi connectivity index (χ2v) is 6.34. The Balaban J connectivity index is 1.51. The maximum absolute atomic E-state index is 12.5. The van der Waals surface area contributed by atoms with Crippen LogP contribution in [0.5, 0.6) is 0 Å². The Morgan fingerprint density at radius 1 is 1.21 bits per heavy atom. The summed E-state index contributed by atoms with van der Waals surface area (Å²) in [5.41, 5.74) is 3.26. The van der Waals surface area contributed by atoms with Crippen molar-refractivity contribution in [3.63, 3.8) is 0 Å². The maximum Gasteiger partial charge on any atom is 0.227 e. The minimum absolute atomic E-state index is 0.124. The zero-order chi connectivity index (χ0) is 16.8. The van der Waals surface area contributed by atoms with E-state index in [0.717, 1.165) is 24.1 Å². The molecule has 1 aliphatic heterocycles. The molecule has 4 heteroatoms. The Morgan fingerprint density at radius 2 is 2.04 bits per heavy atom. The van der Waals surface area contributed by atoms with Crippen LogP contribution in [0.25, 0.3) is 0 Å². The summed E-state index contributed by atoms with van der Waals surface area (Å²) in [5.74, 6) is 0.161. The number of benzene rings is 1. The van der Waals surface area contributed by atoms with Gasteiger partial charge in [-0.15, -0.1) is 0 Å². The zero-order valence-electron chi connectivity index (χ0n) is 14.1. The van der Waals surface area contributed by atoms with E-state index >= 15 is 0 Å². The van der Waals surface area contributed by atoms with E-state index in [-0.39, 0.29) is 12.0 Å². The molecule has 1 aromatic carbocycles. The molecule has 1 saturated heterocycles. The number of ether oxygens (including phenoxy) is 1. The van der Waals surface area contributed by atoms with Crippen molar-refractivity contribution in [2.45, 2.75) is 32.3 Å². The van der Waals surface area contributed by atoms with Crippen LogP contribution in [0, 0.1) is 6.92 Å². The van der Waals surface area contributed by atoms with E-state index in [9.17, 15) is 4.79 Å². The molecule has 3 rings (SSSR count). The van der Waals surface area contributed by atoms with E-state index in [1.165, 1.54) is 5.56 Å². The second kappa shape index (κ2) is 8.06. The maximum atomic E-state index is 12.5. The van der Waals surface area contributed by atoms with Gasteiger partial charge in [-0.25, -0.2) is 0 Å². The highest BCUT2D eigenvalue weighted by Crippen LogP contribution is 2.14. The van der Waals surface area contributed by atoms with Gasteiger partial charge in [-0.2, -0.15) is 0 Å². The average Bonchev–Trinajstić information content (AvgIpc) is 2.63. The smallest absolute Gasteiger partial charge is 0.227 e. The standard InChI is InChI=1S/C20H24N2O2/c1-16-7-8-18(14-21-16)13-20(23)22-11-12-24-19(15-22)10-9-17-5-3-2-4-6-17/h2-8,14,19H,9-13,15H2,1H3/t19-/m1/s1. The van der Waals surface area contributed by atoms with Gasteiger partial charge in [0.05, 0.1) is 19.1 Å². The highest BCUT2D eigenvalue weighted by Gasteiger charge is 2.24. The first kappa shape index (κ1) is 16.7. The quantitative estimate of drug-likeness (QED) is 0.849. The van der Waals surface area contributed by atoms with Gasteiger partial charge in [-0.3, -0.25) is 9.78 Å². The van der Waals surface area contributed by atoms with Crippen molar-refractivity contribution in [1.82, 2.24) is 9.88 Å². The van der Waals surface area contributed by atoms with Crippen LogP contribution in [0.2, 0.25) is 0 Å². The summed E-state index contributed by atoms with van der Waals surface area (Å²) >= 11 is 0. The van der Waals surface area contributed by atoms with Crippen molar-refractivity contribution >= 4 is 5.91 Å². The summed E-state index contributed by atoms with van der Waals surface area (Å²) in [6.45, 7) is 3.94. The van der Waals surface area contributed by atoms with Gasteiger partial charge < -0.3 is 9.64 Å². The number of aryl methyl sites for hydroxylation is 2. The lowest BCUT2D eigenvalue weighted by atomic mass is 10.1. The summed E-state index contributed by atoms with van der Waals surface area (Å²) in [7, 11) is 0. The molecule has 1 atom stereocenters. The molecule has 0 spiro atoms. The highest BCUT2D eigenvalue weighted by molar-refractivity contribution is 5.78. The van der Waals surface area contributed by atoms with Crippen molar-refractivity contribution in [2.24, 2.45) is 0 Å². The number of carbonyl (C=O) groups is 1. The lowest BCUT2D eigenvalue weighted by Crippen LogP contribution is -2.46. The Bertz CT molecular complexity index is 655. The number of hydrogen-bond acceptors (Lipinski definition) is 3. The Hall–Kier alpha value is -2.20. The number of rotatable bonds is 5. The van der Waals surface area contributed by atoms with E-state index in [4.69, 9.17) is 4.74 Å². The van der Waals surface area contributed by atoms with E-state index in [1.54, 1.807) is 6.20 Å². The van der Waals surface area contributed by atoms with E-state index < -0.39 is 0 Å². The lowest BCUT2D eigenvalue weighted by molar-refractivity contribution is -0.138. The first-order valence-electron chi connectivity index (χ1n) is 8.55. The van der Waals surface area contributed by atoms with Gasteiger partial charge in [0.15, 0.2) is 0 Å². The predicted molar refractivity (Wildman–Crippen MR) is 93.8 cm³/mol. The zero-order valence-corrected chi connectivity index (χ0v) is 14.1. The van der Waals surface area contributed by atoms with Gasteiger partial charge in [0.2, 0.25) is 5.91 Å². The number of carbonyl (C=O) groups excluding carboxylic acids is 1. The molecule has 24 heavy (non-hydrogen) atoms. The number of amides is 1. The molecule has 2 heterocycles. The van der Waals surface area contributed by atoms with Crippen LogP contribution in [0.15, 0.2) is 48.7 Å². The molecule has 126 valence electrons.